The number of ether oxygens (including phenoxy) is 2. The second kappa shape index (κ2) is 7.49. The number of nitrogens with zero attached hydrogens (tertiary/aromatic N) is 3. The molecule has 138 valence electrons. The van der Waals surface area contributed by atoms with Crippen LogP contribution >= 0.6 is 0 Å². The average molecular weight is 364 g/mol. The normalized spacial score (nSPS) is 13.4. The second-order valence-corrected chi connectivity index (χ2v) is 6.41. The molecule has 0 aliphatic carbocycles. The van der Waals surface area contributed by atoms with Crippen molar-refractivity contribution < 1.29 is 14.3 Å². The van der Waals surface area contributed by atoms with E-state index in [2.05, 4.69) is 15.4 Å². The van der Waals surface area contributed by atoms with E-state index < -0.39 is 0 Å². The molecule has 0 saturated heterocycles. The molecule has 1 amide bonds. The van der Waals surface area contributed by atoms with E-state index in [9.17, 15) is 4.79 Å². The minimum atomic E-state index is -0.0703. The van der Waals surface area contributed by atoms with Gasteiger partial charge in [0.05, 0.1) is 11.7 Å². The molecule has 3 aromatic rings. The van der Waals surface area contributed by atoms with Crippen molar-refractivity contribution in [1.29, 1.82) is 0 Å². The topological polar surface area (TPSA) is 78.3 Å². The van der Waals surface area contributed by atoms with Crippen LogP contribution in [0.15, 0.2) is 55.1 Å². The van der Waals surface area contributed by atoms with Gasteiger partial charge in [0.1, 0.15) is 12.7 Å². The monoisotopic (exact) mass is 364 g/mol. The Balaban J connectivity index is 1.31. The third-order valence-corrected chi connectivity index (χ3v) is 4.53. The Kier molecular flexibility index (Phi) is 4.74. The number of amides is 1. The number of carbonyl (C=O) groups excluding carboxylic acids is 1. The number of benzene rings is 2. The van der Waals surface area contributed by atoms with Gasteiger partial charge in [0.25, 0.3) is 0 Å². The fourth-order valence-corrected chi connectivity index (χ4v) is 3.01. The van der Waals surface area contributed by atoms with Crippen molar-refractivity contribution in [3.05, 3.63) is 66.2 Å². The number of carbonyl (C=O) groups is 1. The molecule has 27 heavy (non-hydrogen) atoms. The second-order valence-electron chi connectivity index (χ2n) is 6.41. The Morgan fingerprint density at radius 2 is 2.00 bits per heavy atom. The maximum atomic E-state index is 12.3. The van der Waals surface area contributed by atoms with Crippen LogP contribution in [0.25, 0.3) is 5.69 Å². The number of rotatable bonds is 6. The molecule has 0 spiro atoms. The van der Waals surface area contributed by atoms with Gasteiger partial charge in [-0.1, -0.05) is 18.2 Å². The van der Waals surface area contributed by atoms with Gasteiger partial charge in [0, 0.05) is 6.42 Å². The van der Waals surface area contributed by atoms with Crippen LogP contribution in [0.3, 0.4) is 0 Å². The van der Waals surface area contributed by atoms with Gasteiger partial charge in [0.2, 0.25) is 12.7 Å². The predicted molar refractivity (Wildman–Crippen MR) is 98.8 cm³/mol. The van der Waals surface area contributed by atoms with Crippen LogP contribution in [-0.4, -0.2) is 27.5 Å². The van der Waals surface area contributed by atoms with E-state index in [0.717, 1.165) is 28.3 Å². The summed E-state index contributed by atoms with van der Waals surface area (Å²) < 4.78 is 12.4. The molecule has 4 rings (SSSR count). The summed E-state index contributed by atoms with van der Waals surface area (Å²) in [6.45, 7) is 2.23. The van der Waals surface area contributed by atoms with Crippen molar-refractivity contribution >= 4 is 5.91 Å². The zero-order valence-electron chi connectivity index (χ0n) is 15.0. The summed E-state index contributed by atoms with van der Waals surface area (Å²) in [4.78, 5) is 16.2. The Hall–Kier alpha value is -3.35. The van der Waals surface area contributed by atoms with Crippen molar-refractivity contribution in [1.82, 2.24) is 20.1 Å². The quantitative estimate of drug-likeness (QED) is 0.728. The number of hydrogen-bond acceptors (Lipinski definition) is 5. The van der Waals surface area contributed by atoms with E-state index in [0.29, 0.717) is 12.8 Å². The Labute approximate surface area is 156 Å². The van der Waals surface area contributed by atoms with Crippen molar-refractivity contribution in [2.45, 2.75) is 25.8 Å². The summed E-state index contributed by atoms with van der Waals surface area (Å²) in [5, 5.41) is 7.15. The summed E-state index contributed by atoms with van der Waals surface area (Å²) in [6.07, 6.45) is 4.22. The van der Waals surface area contributed by atoms with Crippen LogP contribution in [0.2, 0.25) is 0 Å². The minimum Gasteiger partial charge on any atom is -0.454 e. The predicted octanol–water partition coefficient (Wildman–Crippen LogP) is 2.81. The smallest absolute Gasteiger partial charge is 0.231 e. The summed E-state index contributed by atoms with van der Waals surface area (Å²) in [7, 11) is 0. The lowest BCUT2D eigenvalue weighted by Gasteiger charge is -2.15. The third-order valence-electron chi connectivity index (χ3n) is 4.53. The van der Waals surface area contributed by atoms with E-state index in [-0.39, 0.29) is 18.7 Å². The molecule has 1 aliphatic rings. The fraction of sp³-hybridized carbons (Fsp3) is 0.250. The molecule has 7 heteroatoms. The maximum Gasteiger partial charge on any atom is 0.231 e. The molecule has 1 atom stereocenters. The first-order valence-electron chi connectivity index (χ1n) is 8.82. The van der Waals surface area contributed by atoms with Gasteiger partial charge in [-0.15, -0.1) is 0 Å². The molecule has 0 bridgehead atoms. The minimum absolute atomic E-state index is 0.0144. The number of hydrogen-bond donors (Lipinski definition) is 1. The molecule has 0 fully saturated rings. The molecule has 0 radical (unpaired) electrons. The highest BCUT2D eigenvalue weighted by atomic mass is 16.7. The molecule has 2 aromatic carbocycles. The number of nitrogens with one attached hydrogen (secondary N) is 1. The number of aryl methyl sites for hydroxylation is 1. The van der Waals surface area contributed by atoms with Crippen LogP contribution in [0, 0.1) is 0 Å². The standard InChI is InChI=1S/C20H20N4O3/c1-14(16-4-6-17(7-5-16)24-12-21-11-22-24)23-20(25)9-3-15-2-8-18-19(10-15)27-13-26-18/h2,4-8,10-12,14H,3,9,13H2,1H3,(H,23,25)/t14-/m0/s1. The van der Waals surface area contributed by atoms with Crippen LogP contribution < -0.4 is 14.8 Å². The lowest BCUT2D eigenvalue weighted by molar-refractivity contribution is -0.121. The Morgan fingerprint density at radius 1 is 1.19 bits per heavy atom. The molecular formula is C20H20N4O3. The Bertz CT molecular complexity index is 923. The molecule has 7 nitrogen and oxygen atoms in total. The van der Waals surface area contributed by atoms with Gasteiger partial charge in [-0.2, -0.15) is 5.10 Å². The molecule has 1 N–H and O–H groups in total. The van der Waals surface area contributed by atoms with Gasteiger partial charge < -0.3 is 14.8 Å². The van der Waals surface area contributed by atoms with E-state index in [1.165, 1.54) is 6.33 Å². The van der Waals surface area contributed by atoms with Crippen LogP contribution in [0.4, 0.5) is 0 Å². The van der Waals surface area contributed by atoms with Crippen LogP contribution in [0.5, 0.6) is 11.5 Å². The molecule has 1 aromatic heterocycles. The summed E-state index contributed by atoms with van der Waals surface area (Å²) >= 11 is 0. The first kappa shape index (κ1) is 17.1. The lowest BCUT2D eigenvalue weighted by Crippen LogP contribution is -2.26. The van der Waals surface area contributed by atoms with E-state index >= 15 is 0 Å². The van der Waals surface area contributed by atoms with Crippen LogP contribution in [0.1, 0.15) is 30.5 Å². The lowest BCUT2D eigenvalue weighted by atomic mass is 10.1. The first-order valence-corrected chi connectivity index (χ1v) is 8.82. The van der Waals surface area contributed by atoms with Crippen molar-refractivity contribution in [3.8, 4) is 17.2 Å². The van der Waals surface area contributed by atoms with Crippen molar-refractivity contribution in [3.63, 3.8) is 0 Å². The van der Waals surface area contributed by atoms with Gasteiger partial charge >= 0.3 is 0 Å². The molecule has 0 saturated carbocycles. The number of fused-ring (bicyclic) bond motifs is 1. The highest BCUT2D eigenvalue weighted by Crippen LogP contribution is 2.32. The first-order chi connectivity index (χ1) is 13.2. The van der Waals surface area contributed by atoms with Gasteiger partial charge in [-0.05, 0) is 48.7 Å². The summed E-state index contributed by atoms with van der Waals surface area (Å²) in [5.41, 5.74) is 3.02. The fourth-order valence-electron chi connectivity index (χ4n) is 3.01. The molecule has 2 heterocycles. The van der Waals surface area contributed by atoms with Crippen molar-refractivity contribution in [2.24, 2.45) is 0 Å². The SMILES string of the molecule is C[C@H](NC(=O)CCc1ccc2c(c1)OCO2)c1ccc(-n2cncn2)cc1. The molecule has 0 unspecified atom stereocenters. The highest BCUT2D eigenvalue weighted by molar-refractivity contribution is 5.76. The zero-order chi connectivity index (χ0) is 18.6. The molecule has 1 aliphatic heterocycles. The third kappa shape index (κ3) is 3.92. The largest absolute Gasteiger partial charge is 0.454 e. The molecular weight excluding hydrogens is 344 g/mol. The van der Waals surface area contributed by atoms with Gasteiger partial charge in [0.15, 0.2) is 11.5 Å². The van der Waals surface area contributed by atoms with Gasteiger partial charge in [-0.3, -0.25) is 4.79 Å². The maximum absolute atomic E-state index is 12.3. The average Bonchev–Trinajstić information content (AvgIpc) is 3.38. The number of aromatic nitrogens is 3. The van der Waals surface area contributed by atoms with E-state index in [1.54, 1.807) is 11.0 Å². The van der Waals surface area contributed by atoms with Crippen molar-refractivity contribution in [2.75, 3.05) is 6.79 Å². The Morgan fingerprint density at radius 3 is 2.78 bits per heavy atom. The summed E-state index contributed by atoms with van der Waals surface area (Å²) in [6, 6.07) is 13.6. The summed E-state index contributed by atoms with van der Waals surface area (Å²) in [5.74, 6) is 1.51. The van der Waals surface area contributed by atoms with Crippen LogP contribution in [-0.2, 0) is 11.2 Å². The van der Waals surface area contributed by atoms with E-state index in [1.807, 2.05) is 49.4 Å². The highest BCUT2D eigenvalue weighted by Gasteiger charge is 2.14. The van der Waals surface area contributed by atoms with Gasteiger partial charge in [-0.25, -0.2) is 9.67 Å². The zero-order valence-corrected chi connectivity index (χ0v) is 15.0. The van der Waals surface area contributed by atoms with E-state index in [4.69, 9.17) is 9.47 Å².